The molecule has 4 rings (SSSR count). The van der Waals surface area contributed by atoms with Crippen LogP contribution in [0, 0.1) is 5.92 Å². The summed E-state index contributed by atoms with van der Waals surface area (Å²) in [6.07, 6.45) is 28.0. The third-order valence-corrected chi connectivity index (χ3v) is 8.57. The van der Waals surface area contributed by atoms with Crippen molar-refractivity contribution in [3.63, 3.8) is 0 Å². The molecule has 0 bridgehead atoms. The van der Waals surface area contributed by atoms with Gasteiger partial charge in [0.2, 0.25) is 0 Å². The van der Waals surface area contributed by atoms with Gasteiger partial charge in [-0.2, -0.15) is 0 Å². The lowest BCUT2D eigenvalue weighted by Crippen LogP contribution is -2.50. The van der Waals surface area contributed by atoms with Crippen LogP contribution >= 0.6 is 0 Å². The monoisotopic (exact) mass is 495 g/mol. The van der Waals surface area contributed by atoms with Crippen LogP contribution in [0.15, 0.2) is 46.4 Å². The molecule has 1 N–H and O–H groups in total. The number of aliphatic hydroxyl groups is 1. The van der Waals surface area contributed by atoms with Crippen molar-refractivity contribution in [1.29, 1.82) is 0 Å². The molecular weight excluding hydrogens is 446 g/mol. The van der Waals surface area contributed by atoms with E-state index < -0.39 is 6.10 Å². The van der Waals surface area contributed by atoms with Crippen molar-refractivity contribution < 1.29 is 14.6 Å². The molecule has 4 nitrogen and oxygen atoms in total. The van der Waals surface area contributed by atoms with Crippen LogP contribution in [0.2, 0.25) is 0 Å². The van der Waals surface area contributed by atoms with Gasteiger partial charge >= 0.3 is 5.97 Å². The Morgan fingerprint density at radius 1 is 1.00 bits per heavy atom. The Balaban J connectivity index is 1.36. The summed E-state index contributed by atoms with van der Waals surface area (Å²) >= 11 is 0. The van der Waals surface area contributed by atoms with Gasteiger partial charge in [-0.25, -0.2) is 0 Å². The van der Waals surface area contributed by atoms with E-state index in [2.05, 4.69) is 30.1 Å². The van der Waals surface area contributed by atoms with Gasteiger partial charge in [0.05, 0.1) is 17.8 Å². The summed E-state index contributed by atoms with van der Waals surface area (Å²) < 4.78 is 5.73. The van der Waals surface area contributed by atoms with Crippen LogP contribution in [0.3, 0.4) is 0 Å². The van der Waals surface area contributed by atoms with E-state index in [-0.39, 0.29) is 11.9 Å². The zero-order valence-electron chi connectivity index (χ0n) is 22.9. The smallest absolute Gasteiger partial charge is 0.307 e. The van der Waals surface area contributed by atoms with Crippen molar-refractivity contribution in [2.24, 2.45) is 5.92 Å². The van der Waals surface area contributed by atoms with Crippen LogP contribution in [0.4, 0.5) is 0 Å². The van der Waals surface area contributed by atoms with Gasteiger partial charge in [0.15, 0.2) is 0 Å². The molecule has 1 saturated carbocycles. The first-order valence-corrected chi connectivity index (χ1v) is 15.1. The summed E-state index contributed by atoms with van der Waals surface area (Å²) in [7, 11) is 0. The number of aliphatic hydroxyl groups excluding tert-OH is 1. The van der Waals surface area contributed by atoms with Crippen molar-refractivity contribution in [2.45, 2.75) is 135 Å². The van der Waals surface area contributed by atoms with Crippen molar-refractivity contribution in [3.8, 4) is 0 Å². The van der Waals surface area contributed by atoms with Gasteiger partial charge in [-0.15, -0.1) is 0 Å². The summed E-state index contributed by atoms with van der Waals surface area (Å²) in [6.45, 7) is 4.40. The summed E-state index contributed by atoms with van der Waals surface area (Å²) in [5.74, 6) is 0.556. The average molecular weight is 496 g/mol. The van der Waals surface area contributed by atoms with Crippen LogP contribution < -0.4 is 0 Å². The number of rotatable bonds is 13. The fraction of sp³-hybridized carbons (Fsp3) is 0.719. The normalized spacial score (nSPS) is 25.4. The number of unbranched alkanes of at least 4 members (excludes halogenated alkanes) is 10. The zero-order chi connectivity index (χ0) is 25.3. The molecule has 3 atom stereocenters. The first kappa shape index (κ1) is 27.2. The molecule has 1 unspecified atom stereocenters. The molecule has 2 aliphatic heterocycles. The van der Waals surface area contributed by atoms with Gasteiger partial charge in [0.25, 0.3) is 0 Å². The van der Waals surface area contributed by atoms with E-state index in [0.29, 0.717) is 24.8 Å². The number of nitrogens with zero attached hydrogens (tertiary/aromatic N) is 1. The van der Waals surface area contributed by atoms with Crippen LogP contribution in [0.25, 0.3) is 0 Å². The van der Waals surface area contributed by atoms with Gasteiger partial charge in [-0.3, -0.25) is 4.79 Å². The molecule has 0 amide bonds. The van der Waals surface area contributed by atoms with Crippen molar-refractivity contribution >= 4 is 5.97 Å². The van der Waals surface area contributed by atoms with Gasteiger partial charge in [-0.05, 0) is 43.3 Å². The molecule has 1 fully saturated rings. The Hall–Kier alpha value is -1.81. The van der Waals surface area contributed by atoms with Crippen LogP contribution in [0.5, 0.6) is 0 Å². The first-order chi connectivity index (χ1) is 17.6. The largest absolute Gasteiger partial charge is 0.429 e. The van der Waals surface area contributed by atoms with Crippen LogP contribution in [0.1, 0.15) is 123 Å². The van der Waals surface area contributed by atoms with E-state index in [1.54, 1.807) is 5.57 Å². The molecular formula is C32H49NO3. The lowest BCUT2D eigenvalue weighted by Gasteiger charge is -2.50. The lowest BCUT2D eigenvalue weighted by molar-refractivity contribution is -0.138. The molecule has 2 heterocycles. The Labute approximate surface area is 219 Å². The quantitative estimate of drug-likeness (QED) is 0.208. The van der Waals surface area contributed by atoms with Crippen LogP contribution in [-0.2, 0) is 9.53 Å². The van der Waals surface area contributed by atoms with Gasteiger partial charge in [-0.1, -0.05) is 101 Å². The number of fused-ring (bicyclic) bond motifs is 5. The average Bonchev–Trinajstić information content (AvgIpc) is 2.86. The fourth-order valence-corrected chi connectivity index (χ4v) is 6.81. The maximum atomic E-state index is 11.9. The minimum atomic E-state index is -0.480. The second-order valence-corrected chi connectivity index (χ2v) is 11.5. The summed E-state index contributed by atoms with van der Waals surface area (Å²) in [6, 6.07) is 0.340. The van der Waals surface area contributed by atoms with Crippen molar-refractivity contribution in [3.05, 3.63) is 46.4 Å². The highest BCUT2D eigenvalue weighted by molar-refractivity contribution is 5.67. The highest BCUT2D eigenvalue weighted by Gasteiger charge is 2.43. The molecule has 0 aromatic carbocycles. The fourth-order valence-electron chi connectivity index (χ4n) is 6.81. The molecule has 0 aromatic heterocycles. The topological polar surface area (TPSA) is 49.8 Å². The Morgan fingerprint density at radius 2 is 1.69 bits per heavy atom. The number of carbonyl (C=O) groups is 1. The minimum absolute atomic E-state index is 0.156. The van der Waals surface area contributed by atoms with E-state index in [1.807, 2.05) is 0 Å². The zero-order valence-corrected chi connectivity index (χ0v) is 22.9. The number of allylic oxidation sites excluding steroid dienone is 4. The van der Waals surface area contributed by atoms with E-state index in [9.17, 15) is 9.90 Å². The number of ether oxygens (including phenoxy) is 1. The second-order valence-electron chi connectivity index (χ2n) is 11.5. The maximum absolute atomic E-state index is 11.9. The molecule has 36 heavy (non-hydrogen) atoms. The molecule has 4 aliphatic rings. The molecule has 0 saturated heterocycles. The summed E-state index contributed by atoms with van der Waals surface area (Å²) in [5, 5.41) is 10.6. The minimum Gasteiger partial charge on any atom is -0.429 e. The number of hydrogen-bond donors (Lipinski definition) is 1. The second kappa shape index (κ2) is 13.7. The van der Waals surface area contributed by atoms with E-state index in [1.165, 1.54) is 102 Å². The van der Waals surface area contributed by atoms with Crippen molar-refractivity contribution in [2.75, 3.05) is 6.54 Å². The Morgan fingerprint density at radius 3 is 2.39 bits per heavy atom. The molecule has 0 radical (unpaired) electrons. The number of carbonyl (C=O) groups excluding carboxylic acids is 1. The van der Waals surface area contributed by atoms with E-state index in [4.69, 9.17) is 4.74 Å². The summed E-state index contributed by atoms with van der Waals surface area (Å²) in [5.41, 5.74) is 5.53. The molecule has 2 aliphatic carbocycles. The van der Waals surface area contributed by atoms with Gasteiger partial charge in [0.1, 0.15) is 5.76 Å². The van der Waals surface area contributed by atoms with Gasteiger partial charge in [0, 0.05) is 25.8 Å². The molecule has 0 aromatic rings. The third-order valence-electron chi connectivity index (χ3n) is 8.57. The highest BCUT2D eigenvalue weighted by atomic mass is 16.5. The predicted molar refractivity (Wildman–Crippen MR) is 147 cm³/mol. The molecule has 4 heteroatoms. The Bertz CT molecular complexity index is 880. The van der Waals surface area contributed by atoms with Gasteiger partial charge < -0.3 is 14.7 Å². The highest BCUT2D eigenvalue weighted by Crippen LogP contribution is 2.48. The van der Waals surface area contributed by atoms with Crippen LogP contribution in [-0.4, -0.2) is 34.7 Å². The Kier molecular flexibility index (Phi) is 10.3. The molecule has 200 valence electrons. The third kappa shape index (κ3) is 6.94. The standard InChI is InChI=1S/C32H49NO3/c1-3-4-5-6-7-8-9-10-11-12-13-16-25-19-20-27-28-17-14-15-18-30(28)33-23-26(35)22-31(36-24(2)34)32(33)29(27)21-25/h19-21,26,29-30,35H,3-18,22-23H2,1-2H3/t26-,29?,30+/m1/s1. The lowest BCUT2D eigenvalue weighted by atomic mass is 9.72. The SMILES string of the molecule is CCCCCCCCCCCCCC1=CC2C(=C3CCCC[C@@H]3N3C[C@H](O)CC(OC(C)=O)=C23)C=C1. The predicted octanol–water partition coefficient (Wildman–Crippen LogP) is 7.89. The van der Waals surface area contributed by atoms with E-state index >= 15 is 0 Å². The number of hydrogen-bond acceptors (Lipinski definition) is 4. The number of esters is 1. The first-order valence-electron chi connectivity index (χ1n) is 15.1. The maximum Gasteiger partial charge on any atom is 0.307 e. The van der Waals surface area contributed by atoms with E-state index in [0.717, 1.165) is 25.0 Å². The molecule has 0 spiro atoms. The van der Waals surface area contributed by atoms with Crippen molar-refractivity contribution in [1.82, 2.24) is 4.90 Å². The summed E-state index contributed by atoms with van der Waals surface area (Å²) in [4.78, 5) is 14.3.